The Labute approximate surface area is 170 Å². The summed E-state index contributed by atoms with van der Waals surface area (Å²) in [4.78, 5) is 6.92. The van der Waals surface area contributed by atoms with Crippen LogP contribution in [0.4, 0.5) is 0 Å². The van der Waals surface area contributed by atoms with E-state index in [1.807, 2.05) is 23.0 Å². The first kappa shape index (κ1) is 18.6. The molecule has 0 aliphatic carbocycles. The lowest BCUT2D eigenvalue weighted by molar-refractivity contribution is 0.286. The average molecular weight is 396 g/mol. The molecule has 0 radical (unpaired) electrons. The summed E-state index contributed by atoms with van der Waals surface area (Å²) in [5, 5.41) is 12.2. The monoisotopic (exact) mass is 395 g/mol. The van der Waals surface area contributed by atoms with Crippen molar-refractivity contribution >= 4 is 17.3 Å². The number of nitrogens with one attached hydrogen (secondary N) is 1. The minimum atomic E-state index is 0.00214. The Morgan fingerprint density at radius 2 is 1.93 bits per heavy atom. The number of pyridine rings is 1. The fourth-order valence-electron chi connectivity index (χ4n) is 4.06. The molecule has 7 nitrogen and oxygen atoms in total. The van der Waals surface area contributed by atoms with Gasteiger partial charge in [-0.3, -0.25) is 9.66 Å². The summed E-state index contributed by atoms with van der Waals surface area (Å²) >= 11 is 5.73. The maximum atomic E-state index is 5.73. The van der Waals surface area contributed by atoms with Gasteiger partial charge in [-0.15, -0.1) is 10.2 Å². The van der Waals surface area contributed by atoms with Crippen molar-refractivity contribution < 1.29 is 0 Å². The van der Waals surface area contributed by atoms with Gasteiger partial charge in [-0.2, -0.15) is 0 Å². The van der Waals surface area contributed by atoms with Crippen molar-refractivity contribution in [2.45, 2.75) is 39.8 Å². The predicted octanol–water partition coefficient (Wildman–Crippen LogP) is 3.03. The summed E-state index contributed by atoms with van der Waals surface area (Å²) in [6, 6.07) is 8.33. The van der Waals surface area contributed by atoms with Crippen molar-refractivity contribution in [1.82, 2.24) is 34.8 Å². The van der Waals surface area contributed by atoms with Crippen molar-refractivity contribution in [3.8, 4) is 0 Å². The van der Waals surface area contributed by atoms with E-state index in [-0.39, 0.29) is 12.1 Å². The first-order valence-electron chi connectivity index (χ1n) is 9.49. The maximum absolute atomic E-state index is 5.73. The van der Waals surface area contributed by atoms with Gasteiger partial charge in [0.15, 0.2) is 5.11 Å². The zero-order valence-electron chi connectivity index (χ0n) is 16.6. The third-order valence-corrected chi connectivity index (χ3v) is 5.50. The largest absolute Gasteiger partial charge is 0.352 e. The predicted molar refractivity (Wildman–Crippen MR) is 112 cm³/mol. The third-order valence-electron chi connectivity index (χ3n) is 5.15. The molecule has 0 amide bonds. The molecule has 0 aromatic carbocycles. The number of thiocarbonyl (C=S) groups is 1. The molecule has 28 heavy (non-hydrogen) atoms. The van der Waals surface area contributed by atoms with Gasteiger partial charge in [-0.25, -0.2) is 4.68 Å². The van der Waals surface area contributed by atoms with Gasteiger partial charge in [0.1, 0.15) is 12.7 Å². The molecule has 4 heterocycles. The van der Waals surface area contributed by atoms with Crippen LogP contribution in [0.1, 0.15) is 48.6 Å². The lowest BCUT2D eigenvalue weighted by Gasteiger charge is -2.29. The lowest BCUT2D eigenvalue weighted by Crippen LogP contribution is -2.33. The molecule has 2 unspecified atom stereocenters. The zero-order valence-corrected chi connectivity index (χ0v) is 17.4. The normalized spacial score (nSPS) is 19.5. The molecular formula is C20H25N7S. The van der Waals surface area contributed by atoms with Crippen LogP contribution in [0.3, 0.4) is 0 Å². The minimum Gasteiger partial charge on any atom is -0.352 e. The van der Waals surface area contributed by atoms with Crippen LogP contribution in [-0.2, 0) is 0 Å². The topological polar surface area (TPSA) is 63.8 Å². The fraction of sp³-hybridized carbons (Fsp3) is 0.400. The molecule has 1 aliphatic rings. The molecule has 0 spiro atoms. The smallest absolute Gasteiger partial charge is 0.170 e. The van der Waals surface area contributed by atoms with Crippen LogP contribution in [0.5, 0.6) is 0 Å². The summed E-state index contributed by atoms with van der Waals surface area (Å²) in [6.45, 7) is 9.55. The number of aryl methyl sites for hydroxylation is 1. The molecule has 4 rings (SSSR count). The number of aromatic nitrogens is 5. The molecule has 3 aromatic rings. The Morgan fingerprint density at radius 1 is 1.18 bits per heavy atom. The second kappa shape index (κ2) is 7.35. The van der Waals surface area contributed by atoms with E-state index < -0.39 is 0 Å². The van der Waals surface area contributed by atoms with Gasteiger partial charge in [-0.05, 0) is 50.2 Å². The van der Waals surface area contributed by atoms with Crippen LogP contribution >= 0.6 is 12.2 Å². The fourth-order valence-corrected chi connectivity index (χ4v) is 4.38. The summed E-state index contributed by atoms with van der Waals surface area (Å²) in [5.41, 5.74) is 4.49. The van der Waals surface area contributed by atoms with Gasteiger partial charge in [0.05, 0.1) is 17.8 Å². The Kier molecular flexibility index (Phi) is 4.89. The summed E-state index contributed by atoms with van der Waals surface area (Å²) in [7, 11) is 0. The third kappa shape index (κ3) is 3.17. The first-order chi connectivity index (χ1) is 13.5. The van der Waals surface area contributed by atoms with Gasteiger partial charge in [0, 0.05) is 29.7 Å². The molecule has 146 valence electrons. The lowest BCUT2D eigenvalue weighted by atomic mass is 9.96. The minimum absolute atomic E-state index is 0.00214. The Balaban J connectivity index is 1.83. The van der Waals surface area contributed by atoms with Crippen molar-refractivity contribution in [3.63, 3.8) is 0 Å². The average Bonchev–Trinajstić information content (AvgIpc) is 3.35. The molecule has 0 saturated carbocycles. The van der Waals surface area contributed by atoms with Gasteiger partial charge < -0.3 is 10.2 Å². The summed E-state index contributed by atoms with van der Waals surface area (Å²) in [5.74, 6) is 0.492. The van der Waals surface area contributed by atoms with Crippen molar-refractivity contribution in [3.05, 3.63) is 65.8 Å². The van der Waals surface area contributed by atoms with E-state index in [0.29, 0.717) is 5.92 Å². The quantitative estimate of drug-likeness (QED) is 0.670. The highest BCUT2D eigenvalue weighted by atomic mass is 32.1. The van der Waals surface area contributed by atoms with E-state index in [0.717, 1.165) is 28.7 Å². The SMILES string of the molecule is Cc1cc(C2C(c3ccccn3)NC(=S)N2CC(C)C)c(C)n1-n1cnnc1. The van der Waals surface area contributed by atoms with Gasteiger partial charge in [0.25, 0.3) is 0 Å². The standard InChI is InChI=1S/C20H25N7S/c1-13(2)10-26-19(18(24-20(26)28)17-7-5-6-8-21-17)16-9-14(3)27(15(16)4)25-11-22-23-12-25/h5-9,11-13,18-19H,10H2,1-4H3,(H,24,28). The molecular weight excluding hydrogens is 370 g/mol. The van der Waals surface area contributed by atoms with Crippen LogP contribution in [0, 0.1) is 19.8 Å². The van der Waals surface area contributed by atoms with E-state index in [4.69, 9.17) is 12.2 Å². The first-order valence-corrected chi connectivity index (χ1v) is 9.90. The van der Waals surface area contributed by atoms with Gasteiger partial charge >= 0.3 is 0 Å². The number of rotatable bonds is 5. The van der Waals surface area contributed by atoms with Crippen LogP contribution in [0.25, 0.3) is 0 Å². The molecule has 2 atom stereocenters. The second-order valence-electron chi connectivity index (χ2n) is 7.65. The van der Waals surface area contributed by atoms with Crippen LogP contribution in [0.15, 0.2) is 43.1 Å². The molecule has 8 heteroatoms. The number of hydrogen-bond donors (Lipinski definition) is 1. The van der Waals surface area contributed by atoms with Crippen molar-refractivity contribution in [1.29, 1.82) is 0 Å². The highest BCUT2D eigenvalue weighted by Crippen LogP contribution is 2.41. The second-order valence-corrected chi connectivity index (χ2v) is 8.04. The van der Waals surface area contributed by atoms with Gasteiger partial charge in [-0.1, -0.05) is 19.9 Å². The van der Waals surface area contributed by atoms with E-state index in [9.17, 15) is 0 Å². The molecule has 0 bridgehead atoms. The number of nitrogens with zero attached hydrogens (tertiary/aromatic N) is 6. The van der Waals surface area contributed by atoms with Crippen LogP contribution in [-0.4, -0.2) is 41.1 Å². The van der Waals surface area contributed by atoms with Crippen molar-refractivity contribution in [2.75, 3.05) is 6.54 Å². The number of hydrogen-bond acceptors (Lipinski definition) is 4. The Morgan fingerprint density at radius 3 is 2.57 bits per heavy atom. The van der Waals surface area contributed by atoms with Crippen LogP contribution in [0.2, 0.25) is 0 Å². The molecule has 1 fully saturated rings. The molecule has 3 aromatic heterocycles. The van der Waals surface area contributed by atoms with E-state index in [1.165, 1.54) is 5.56 Å². The van der Waals surface area contributed by atoms with Crippen molar-refractivity contribution in [2.24, 2.45) is 5.92 Å². The maximum Gasteiger partial charge on any atom is 0.170 e. The summed E-state index contributed by atoms with van der Waals surface area (Å²) < 4.78 is 4.02. The Hall–Kier alpha value is -2.74. The zero-order chi connectivity index (χ0) is 19.8. The molecule has 1 aliphatic heterocycles. The van der Waals surface area contributed by atoms with Gasteiger partial charge in [0.2, 0.25) is 0 Å². The highest BCUT2D eigenvalue weighted by molar-refractivity contribution is 7.80. The Bertz CT molecular complexity index is 962. The summed E-state index contributed by atoms with van der Waals surface area (Å²) in [6.07, 6.45) is 5.26. The van der Waals surface area contributed by atoms with E-state index in [2.05, 4.69) is 69.9 Å². The highest BCUT2D eigenvalue weighted by Gasteiger charge is 2.41. The van der Waals surface area contributed by atoms with E-state index in [1.54, 1.807) is 12.7 Å². The molecule has 1 N–H and O–H groups in total. The van der Waals surface area contributed by atoms with Crippen LogP contribution < -0.4 is 5.32 Å². The van der Waals surface area contributed by atoms with E-state index >= 15 is 0 Å². The molecule has 1 saturated heterocycles.